The molecule has 182 valence electrons. The third-order valence-electron chi connectivity index (χ3n) is 8.17. The second kappa shape index (κ2) is 7.64. The number of benzene rings is 1. The number of amides is 2. The zero-order chi connectivity index (χ0) is 24.5. The van der Waals surface area contributed by atoms with E-state index in [0.29, 0.717) is 30.7 Å². The van der Waals surface area contributed by atoms with Gasteiger partial charge >= 0.3 is 0 Å². The average Bonchev–Trinajstić information content (AvgIpc) is 3.74. The minimum Gasteiger partial charge on any atom is -0.449 e. The molecule has 0 bridgehead atoms. The molecule has 2 aliphatic carbocycles. The Morgan fingerprint density at radius 2 is 1.77 bits per heavy atom. The summed E-state index contributed by atoms with van der Waals surface area (Å²) in [6, 6.07) is 10.0. The maximum atomic E-state index is 13.5. The molecule has 1 atom stereocenters. The Balaban J connectivity index is 1.29. The fraction of sp³-hybridized carbons (Fsp3) is 0.464. The Kier molecular flexibility index (Phi) is 4.86. The summed E-state index contributed by atoms with van der Waals surface area (Å²) in [5, 5.41) is 0. The number of aromatic nitrogens is 1. The first-order chi connectivity index (χ1) is 16.7. The lowest BCUT2D eigenvalue weighted by Gasteiger charge is -2.40. The number of pyridine rings is 1. The molecule has 3 aliphatic rings. The molecule has 1 aromatic carbocycles. The summed E-state index contributed by atoms with van der Waals surface area (Å²) >= 11 is 0. The Morgan fingerprint density at radius 1 is 1.06 bits per heavy atom. The third kappa shape index (κ3) is 3.81. The number of carbonyl (C=O) groups excluding carboxylic acids is 2. The number of piperazine rings is 1. The van der Waals surface area contributed by atoms with Gasteiger partial charge in [-0.25, -0.2) is 9.37 Å². The van der Waals surface area contributed by atoms with Gasteiger partial charge in [0.1, 0.15) is 11.3 Å². The van der Waals surface area contributed by atoms with Gasteiger partial charge in [0.25, 0.3) is 5.91 Å². The molecule has 35 heavy (non-hydrogen) atoms. The van der Waals surface area contributed by atoms with Crippen LogP contribution in [-0.4, -0.2) is 52.3 Å². The van der Waals surface area contributed by atoms with Gasteiger partial charge in [-0.3, -0.25) is 9.59 Å². The van der Waals surface area contributed by atoms with Crippen LogP contribution in [0.2, 0.25) is 0 Å². The lowest BCUT2D eigenvalue weighted by atomic mass is 9.96. The zero-order valence-corrected chi connectivity index (χ0v) is 20.4. The number of rotatable bonds is 4. The van der Waals surface area contributed by atoms with Gasteiger partial charge in [-0.1, -0.05) is 13.8 Å². The second-order valence-corrected chi connectivity index (χ2v) is 11.1. The van der Waals surface area contributed by atoms with E-state index in [4.69, 9.17) is 9.40 Å². The molecule has 1 aliphatic heterocycles. The molecular weight excluding hydrogens is 445 g/mol. The van der Waals surface area contributed by atoms with Gasteiger partial charge in [0.05, 0.1) is 5.69 Å². The zero-order valence-electron chi connectivity index (χ0n) is 20.4. The van der Waals surface area contributed by atoms with Gasteiger partial charge in [0.15, 0.2) is 11.3 Å². The minimum absolute atomic E-state index is 0.00639. The van der Waals surface area contributed by atoms with E-state index in [1.165, 1.54) is 12.1 Å². The van der Waals surface area contributed by atoms with Crippen molar-refractivity contribution in [3.63, 3.8) is 0 Å². The first-order valence-corrected chi connectivity index (χ1v) is 12.5. The van der Waals surface area contributed by atoms with Crippen molar-refractivity contribution in [2.45, 2.75) is 57.9 Å². The average molecular weight is 476 g/mol. The quantitative estimate of drug-likeness (QED) is 0.523. The topological polar surface area (TPSA) is 66.7 Å². The van der Waals surface area contributed by atoms with Crippen molar-refractivity contribution in [1.29, 1.82) is 0 Å². The first kappa shape index (κ1) is 22.3. The molecular formula is C28H30FN3O3. The molecule has 3 heterocycles. The lowest BCUT2D eigenvalue weighted by Crippen LogP contribution is -2.56. The summed E-state index contributed by atoms with van der Waals surface area (Å²) in [5.41, 5.74) is 3.70. The summed E-state index contributed by atoms with van der Waals surface area (Å²) in [7, 11) is 0. The lowest BCUT2D eigenvalue weighted by molar-refractivity contribution is -0.140. The number of nitrogens with zero attached hydrogens (tertiary/aromatic N) is 3. The van der Waals surface area contributed by atoms with Crippen LogP contribution >= 0.6 is 0 Å². The van der Waals surface area contributed by atoms with E-state index in [1.807, 2.05) is 24.8 Å². The summed E-state index contributed by atoms with van der Waals surface area (Å²) in [4.78, 5) is 34.7. The molecule has 2 saturated carbocycles. The summed E-state index contributed by atoms with van der Waals surface area (Å²) in [5.74, 6) is 0.0218. The highest BCUT2D eigenvalue weighted by Gasteiger charge is 2.49. The van der Waals surface area contributed by atoms with E-state index in [1.54, 1.807) is 23.1 Å². The molecule has 0 unspecified atom stereocenters. The molecule has 2 aromatic heterocycles. The van der Waals surface area contributed by atoms with Crippen LogP contribution in [0.1, 0.15) is 62.6 Å². The highest BCUT2D eigenvalue weighted by molar-refractivity contribution is 5.97. The van der Waals surface area contributed by atoms with Crippen molar-refractivity contribution in [3.05, 3.63) is 53.5 Å². The largest absolute Gasteiger partial charge is 0.449 e. The van der Waals surface area contributed by atoms with Crippen LogP contribution in [-0.2, 0) is 10.2 Å². The molecule has 6 nitrogen and oxygen atoms in total. The highest BCUT2D eigenvalue weighted by Crippen LogP contribution is 2.51. The highest BCUT2D eigenvalue weighted by atomic mass is 19.1. The Hall–Kier alpha value is -3.22. The fourth-order valence-electron chi connectivity index (χ4n) is 5.15. The third-order valence-corrected chi connectivity index (χ3v) is 8.17. The first-order valence-electron chi connectivity index (χ1n) is 12.5. The molecule has 0 radical (unpaired) electrons. The standard InChI is InChI=1S/C28H30FN3O3/c1-17-16-31(12-13-32(17)26(34)28(3)10-11-28)25(33)23-15-22-24(35-23)20(27(2)8-9-27)14-21(30-22)18-4-6-19(29)7-5-18/h4-7,14-15,17H,8-13,16H2,1-3H3/t17-/m0/s1. The van der Waals surface area contributed by atoms with E-state index in [2.05, 4.69) is 6.92 Å². The molecule has 0 N–H and O–H groups in total. The molecule has 1 saturated heterocycles. The van der Waals surface area contributed by atoms with Crippen molar-refractivity contribution in [1.82, 2.24) is 14.8 Å². The van der Waals surface area contributed by atoms with Crippen LogP contribution in [0, 0.1) is 11.2 Å². The van der Waals surface area contributed by atoms with Crippen molar-refractivity contribution in [2.75, 3.05) is 19.6 Å². The van der Waals surface area contributed by atoms with Crippen LogP contribution < -0.4 is 0 Å². The minimum atomic E-state index is -0.289. The Labute approximate surface area is 204 Å². The number of carbonyl (C=O) groups is 2. The number of fused-ring (bicyclic) bond motifs is 1. The maximum absolute atomic E-state index is 13.5. The van der Waals surface area contributed by atoms with Gasteiger partial charge in [-0.05, 0) is 68.4 Å². The van der Waals surface area contributed by atoms with E-state index < -0.39 is 0 Å². The van der Waals surface area contributed by atoms with E-state index >= 15 is 0 Å². The van der Waals surface area contributed by atoms with Crippen LogP contribution in [0.5, 0.6) is 0 Å². The van der Waals surface area contributed by atoms with Crippen LogP contribution in [0.4, 0.5) is 4.39 Å². The number of hydrogen-bond acceptors (Lipinski definition) is 4. The maximum Gasteiger partial charge on any atom is 0.289 e. The monoisotopic (exact) mass is 475 g/mol. The Bertz CT molecular complexity index is 1340. The predicted molar refractivity (Wildman–Crippen MR) is 130 cm³/mol. The van der Waals surface area contributed by atoms with Gasteiger partial charge < -0.3 is 14.2 Å². The molecule has 2 amide bonds. The molecule has 0 spiro atoms. The van der Waals surface area contributed by atoms with Crippen LogP contribution in [0.25, 0.3) is 22.4 Å². The van der Waals surface area contributed by atoms with Gasteiger partial charge in [-0.2, -0.15) is 0 Å². The van der Waals surface area contributed by atoms with E-state index in [-0.39, 0.29) is 40.3 Å². The summed E-state index contributed by atoms with van der Waals surface area (Å²) < 4.78 is 19.6. The van der Waals surface area contributed by atoms with Crippen LogP contribution in [0.3, 0.4) is 0 Å². The number of hydrogen-bond donors (Lipinski definition) is 0. The van der Waals surface area contributed by atoms with Crippen molar-refractivity contribution in [3.8, 4) is 11.3 Å². The number of halogens is 1. The number of furan rings is 1. The van der Waals surface area contributed by atoms with Gasteiger partial charge in [0, 0.05) is 48.3 Å². The summed E-state index contributed by atoms with van der Waals surface area (Å²) in [6.45, 7) is 7.73. The predicted octanol–water partition coefficient (Wildman–Crippen LogP) is 5.16. The van der Waals surface area contributed by atoms with Crippen molar-refractivity contribution in [2.24, 2.45) is 5.41 Å². The normalized spacial score (nSPS) is 22.3. The van der Waals surface area contributed by atoms with E-state index in [9.17, 15) is 14.0 Å². The summed E-state index contributed by atoms with van der Waals surface area (Å²) in [6.07, 6.45) is 3.99. The van der Waals surface area contributed by atoms with Crippen molar-refractivity contribution >= 4 is 22.9 Å². The SMILES string of the molecule is C[C@H]1CN(C(=O)c2cc3nc(-c4ccc(F)cc4)cc(C4(C)CC4)c3o2)CCN1C(=O)C1(C)CC1. The molecule has 7 heteroatoms. The molecule has 3 fully saturated rings. The van der Waals surface area contributed by atoms with Gasteiger partial charge in [0.2, 0.25) is 5.91 Å². The second-order valence-electron chi connectivity index (χ2n) is 11.1. The van der Waals surface area contributed by atoms with Crippen molar-refractivity contribution < 1.29 is 18.4 Å². The van der Waals surface area contributed by atoms with Crippen LogP contribution in [0.15, 0.2) is 40.8 Å². The van der Waals surface area contributed by atoms with E-state index in [0.717, 1.165) is 42.5 Å². The Morgan fingerprint density at radius 3 is 2.40 bits per heavy atom. The molecule has 6 rings (SSSR count). The fourth-order valence-corrected chi connectivity index (χ4v) is 5.15. The van der Waals surface area contributed by atoms with Gasteiger partial charge in [-0.15, -0.1) is 0 Å². The molecule has 3 aromatic rings. The smallest absolute Gasteiger partial charge is 0.289 e.